The second-order valence-corrected chi connectivity index (χ2v) is 7.93. The molecule has 3 rings (SSSR count). The summed E-state index contributed by atoms with van der Waals surface area (Å²) in [6.45, 7) is 0.696. The third-order valence-electron chi connectivity index (χ3n) is 4.05. The van der Waals surface area contributed by atoms with Crippen LogP contribution in [0.3, 0.4) is 0 Å². The normalized spacial score (nSPS) is 14.9. The molecule has 1 saturated carbocycles. The van der Waals surface area contributed by atoms with Gasteiger partial charge in [0.1, 0.15) is 0 Å². The van der Waals surface area contributed by atoms with E-state index in [-0.39, 0.29) is 11.8 Å². The minimum Gasteiger partial charge on any atom is -0.380 e. The lowest BCUT2D eigenvalue weighted by atomic mass is 10.1. The van der Waals surface area contributed by atoms with E-state index >= 15 is 0 Å². The van der Waals surface area contributed by atoms with Crippen LogP contribution in [0.5, 0.6) is 0 Å². The van der Waals surface area contributed by atoms with Crippen molar-refractivity contribution in [3.63, 3.8) is 0 Å². The highest BCUT2D eigenvalue weighted by Crippen LogP contribution is 2.30. The first-order valence-corrected chi connectivity index (χ1v) is 9.27. The highest BCUT2D eigenvalue weighted by molar-refractivity contribution is 7.16. The van der Waals surface area contributed by atoms with Crippen molar-refractivity contribution in [1.82, 2.24) is 0 Å². The molecule has 122 valence electrons. The lowest BCUT2D eigenvalue weighted by molar-refractivity contribution is -0.119. The summed E-state index contributed by atoms with van der Waals surface area (Å²) in [4.78, 5) is 13.3. The van der Waals surface area contributed by atoms with Crippen LogP contribution in [-0.4, -0.2) is 5.91 Å². The van der Waals surface area contributed by atoms with Gasteiger partial charge in [-0.05, 0) is 43.2 Å². The molecule has 1 aliphatic rings. The SMILES string of the molecule is O=C(Nc1ccc(NCc2ccc(Cl)s2)cc1Cl)C1CCCC1. The molecule has 0 aliphatic heterocycles. The molecule has 23 heavy (non-hydrogen) atoms. The smallest absolute Gasteiger partial charge is 0.227 e. The van der Waals surface area contributed by atoms with Gasteiger partial charge >= 0.3 is 0 Å². The van der Waals surface area contributed by atoms with E-state index in [1.807, 2.05) is 30.3 Å². The van der Waals surface area contributed by atoms with Crippen LogP contribution >= 0.6 is 34.5 Å². The molecule has 0 spiro atoms. The van der Waals surface area contributed by atoms with Crippen LogP contribution in [0.2, 0.25) is 9.36 Å². The quantitative estimate of drug-likeness (QED) is 0.700. The zero-order valence-electron chi connectivity index (χ0n) is 12.6. The fraction of sp³-hybridized carbons (Fsp3) is 0.353. The highest BCUT2D eigenvalue weighted by atomic mass is 35.5. The zero-order valence-corrected chi connectivity index (χ0v) is 14.9. The number of hydrogen-bond acceptors (Lipinski definition) is 3. The molecule has 6 heteroatoms. The number of thiophene rings is 1. The number of amides is 1. The molecule has 0 atom stereocenters. The Morgan fingerprint density at radius 3 is 2.61 bits per heavy atom. The summed E-state index contributed by atoms with van der Waals surface area (Å²) in [5, 5.41) is 6.79. The largest absolute Gasteiger partial charge is 0.380 e. The summed E-state index contributed by atoms with van der Waals surface area (Å²) in [5.41, 5.74) is 1.59. The van der Waals surface area contributed by atoms with Crippen molar-refractivity contribution in [3.8, 4) is 0 Å². The van der Waals surface area contributed by atoms with Crippen molar-refractivity contribution in [1.29, 1.82) is 0 Å². The predicted molar refractivity (Wildman–Crippen MR) is 98.7 cm³/mol. The monoisotopic (exact) mass is 368 g/mol. The molecule has 0 bridgehead atoms. The summed E-state index contributed by atoms with van der Waals surface area (Å²) in [7, 11) is 0. The molecule has 1 fully saturated rings. The van der Waals surface area contributed by atoms with Crippen LogP contribution in [0.1, 0.15) is 30.6 Å². The van der Waals surface area contributed by atoms with Gasteiger partial charge in [-0.15, -0.1) is 11.3 Å². The van der Waals surface area contributed by atoms with E-state index in [0.717, 1.165) is 40.6 Å². The first-order valence-electron chi connectivity index (χ1n) is 7.70. The molecule has 1 aromatic heterocycles. The topological polar surface area (TPSA) is 41.1 Å². The number of nitrogens with one attached hydrogen (secondary N) is 2. The first-order chi connectivity index (χ1) is 11.1. The van der Waals surface area contributed by atoms with Crippen molar-refractivity contribution in [2.75, 3.05) is 10.6 Å². The molecule has 0 saturated heterocycles. The van der Waals surface area contributed by atoms with Gasteiger partial charge < -0.3 is 10.6 Å². The molecule has 1 amide bonds. The van der Waals surface area contributed by atoms with Gasteiger partial charge in [-0.2, -0.15) is 0 Å². The summed E-state index contributed by atoms with van der Waals surface area (Å²) >= 11 is 13.8. The minimum absolute atomic E-state index is 0.0818. The standard InChI is InChI=1S/C17H18Cl2N2OS/c18-14-9-12(20-10-13-6-8-16(19)23-13)5-7-15(14)21-17(22)11-3-1-2-4-11/h5-9,11,20H,1-4,10H2,(H,21,22). The maximum atomic E-state index is 12.2. The number of anilines is 2. The number of halogens is 2. The van der Waals surface area contributed by atoms with Gasteiger partial charge in [0.15, 0.2) is 0 Å². The Morgan fingerprint density at radius 2 is 1.96 bits per heavy atom. The Kier molecular flexibility index (Phi) is 5.46. The van der Waals surface area contributed by atoms with Crippen LogP contribution < -0.4 is 10.6 Å². The number of benzene rings is 1. The van der Waals surface area contributed by atoms with E-state index in [0.29, 0.717) is 17.3 Å². The Morgan fingerprint density at radius 1 is 1.17 bits per heavy atom. The molecular weight excluding hydrogens is 351 g/mol. The fourth-order valence-corrected chi connectivity index (χ4v) is 4.04. The third kappa shape index (κ3) is 4.40. The second kappa shape index (κ2) is 7.56. The zero-order chi connectivity index (χ0) is 16.2. The lowest BCUT2D eigenvalue weighted by Gasteiger charge is -2.13. The highest BCUT2D eigenvalue weighted by Gasteiger charge is 2.23. The molecule has 2 aromatic rings. The molecule has 0 unspecified atom stereocenters. The minimum atomic E-state index is 0.0818. The molecular formula is C17H18Cl2N2OS. The Bertz CT molecular complexity index is 696. The van der Waals surface area contributed by atoms with Crippen molar-refractivity contribution in [2.24, 2.45) is 5.92 Å². The summed E-state index contributed by atoms with van der Waals surface area (Å²) in [5.74, 6) is 0.214. The third-order valence-corrected chi connectivity index (χ3v) is 5.59. The Hall–Kier alpha value is -1.23. The maximum absolute atomic E-state index is 12.2. The molecule has 1 aromatic carbocycles. The van der Waals surface area contributed by atoms with Crippen molar-refractivity contribution in [2.45, 2.75) is 32.2 Å². The van der Waals surface area contributed by atoms with Gasteiger partial charge in [-0.3, -0.25) is 4.79 Å². The lowest BCUT2D eigenvalue weighted by Crippen LogP contribution is -2.20. The number of rotatable bonds is 5. The second-order valence-electron chi connectivity index (χ2n) is 5.72. The van der Waals surface area contributed by atoms with Gasteiger partial charge in [0, 0.05) is 23.0 Å². The number of carbonyl (C=O) groups is 1. The van der Waals surface area contributed by atoms with E-state index < -0.39 is 0 Å². The van der Waals surface area contributed by atoms with E-state index in [1.165, 1.54) is 0 Å². The predicted octanol–water partition coefficient (Wildman–Crippen LogP) is 5.80. The van der Waals surface area contributed by atoms with Crippen LogP contribution in [0.25, 0.3) is 0 Å². The molecule has 1 aliphatic carbocycles. The van der Waals surface area contributed by atoms with Crippen molar-refractivity contribution >= 4 is 51.8 Å². The summed E-state index contributed by atoms with van der Waals surface area (Å²) in [6, 6.07) is 9.49. The average Bonchev–Trinajstić information content (AvgIpc) is 3.19. The van der Waals surface area contributed by atoms with Crippen molar-refractivity contribution in [3.05, 3.63) is 44.6 Å². The van der Waals surface area contributed by atoms with E-state index in [4.69, 9.17) is 23.2 Å². The van der Waals surface area contributed by atoms with E-state index in [9.17, 15) is 4.79 Å². The van der Waals surface area contributed by atoms with Gasteiger partial charge in [0.25, 0.3) is 0 Å². The Labute approximate surface area is 150 Å². The van der Waals surface area contributed by atoms with Gasteiger partial charge in [0.05, 0.1) is 15.0 Å². The average molecular weight is 369 g/mol. The van der Waals surface area contributed by atoms with Crippen LogP contribution in [0.15, 0.2) is 30.3 Å². The van der Waals surface area contributed by atoms with Crippen LogP contribution in [0, 0.1) is 5.92 Å². The molecule has 2 N–H and O–H groups in total. The molecule has 0 radical (unpaired) electrons. The number of carbonyl (C=O) groups excluding carboxylic acids is 1. The van der Waals surface area contributed by atoms with Crippen LogP contribution in [0.4, 0.5) is 11.4 Å². The van der Waals surface area contributed by atoms with Gasteiger partial charge in [-0.25, -0.2) is 0 Å². The summed E-state index contributed by atoms with van der Waals surface area (Å²) < 4.78 is 0.782. The van der Waals surface area contributed by atoms with Crippen molar-refractivity contribution < 1.29 is 4.79 Å². The Balaban J connectivity index is 1.59. The number of hydrogen-bond donors (Lipinski definition) is 2. The van der Waals surface area contributed by atoms with Gasteiger partial charge in [-0.1, -0.05) is 36.0 Å². The van der Waals surface area contributed by atoms with Gasteiger partial charge in [0.2, 0.25) is 5.91 Å². The molecule has 3 nitrogen and oxygen atoms in total. The first kappa shape index (κ1) is 16.6. The fourth-order valence-electron chi connectivity index (χ4n) is 2.79. The molecule has 1 heterocycles. The van der Waals surface area contributed by atoms with Crippen LogP contribution in [-0.2, 0) is 11.3 Å². The van der Waals surface area contributed by atoms with E-state index in [1.54, 1.807) is 11.3 Å². The van der Waals surface area contributed by atoms with E-state index in [2.05, 4.69) is 10.6 Å². The maximum Gasteiger partial charge on any atom is 0.227 e. The summed E-state index contributed by atoms with van der Waals surface area (Å²) in [6.07, 6.45) is 4.24.